The van der Waals surface area contributed by atoms with Crippen LogP contribution in [0.5, 0.6) is 0 Å². The van der Waals surface area contributed by atoms with E-state index in [4.69, 9.17) is 11.6 Å². The Morgan fingerprint density at radius 3 is 2.79 bits per heavy atom. The molecule has 0 saturated carbocycles. The lowest BCUT2D eigenvalue weighted by Gasteiger charge is -2.26. The molecule has 146 valence electrons. The quantitative estimate of drug-likeness (QED) is 0.630. The highest BCUT2D eigenvalue weighted by atomic mass is 35.5. The van der Waals surface area contributed by atoms with Gasteiger partial charge in [0.2, 0.25) is 0 Å². The number of nitrogens with zero attached hydrogens (tertiary/aromatic N) is 3. The van der Waals surface area contributed by atoms with Crippen LogP contribution >= 0.6 is 22.9 Å². The Morgan fingerprint density at radius 1 is 1.21 bits per heavy atom. The van der Waals surface area contributed by atoms with Crippen molar-refractivity contribution in [1.82, 2.24) is 20.0 Å². The van der Waals surface area contributed by atoms with Crippen molar-refractivity contribution in [3.8, 4) is 0 Å². The molecule has 1 atom stereocenters. The van der Waals surface area contributed by atoms with Gasteiger partial charge in [-0.2, -0.15) is 5.10 Å². The van der Waals surface area contributed by atoms with Gasteiger partial charge in [-0.05, 0) is 49.0 Å². The van der Waals surface area contributed by atoms with Gasteiger partial charge in [-0.3, -0.25) is 14.4 Å². The number of thiophene rings is 1. The predicted molar refractivity (Wildman–Crippen MR) is 113 cm³/mol. The molecule has 0 bridgehead atoms. The van der Waals surface area contributed by atoms with Crippen molar-refractivity contribution >= 4 is 28.8 Å². The van der Waals surface area contributed by atoms with Crippen molar-refractivity contribution in [2.75, 3.05) is 19.6 Å². The number of carbonyl (C=O) groups excluding carboxylic acids is 1. The van der Waals surface area contributed by atoms with E-state index in [9.17, 15) is 4.79 Å². The van der Waals surface area contributed by atoms with Gasteiger partial charge in [0.25, 0.3) is 5.91 Å². The van der Waals surface area contributed by atoms with Crippen molar-refractivity contribution in [1.29, 1.82) is 0 Å². The van der Waals surface area contributed by atoms with Gasteiger partial charge in [0.05, 0.1) is 24.3 Å². The van der Waals surface area contributed by atoms with Crippen LogP contribution in [0.15, 0.2) is 54.2 Å². The molecule has 1 aromatic carbocycles. The summed E-state index contributed by atoms with van der Waals surface area (Å²) in [5, 5.41) is 10.2. The normalized spacial score (nSPS) is 15.6. The number of aromatic nitrogens is 2. The zero-order valence-electron chi connectivity index (χ0n) is 15.6. The van der Waals surface area contributed by atoms with Crippen molar-refractivity contribution in [3.63, 3.8) is 0 Å². The average molecular weight is 415 g/mol. The highest BCUT2D eigenvalue weighted by molar-refractivity contribution is 7.10. The van der Waals surface area contributed by atoms with Crippen LogP contribution in [0.4, 0.5) is 0 Å². The number of carbonyl (C=O) groups is 1. The second-order valence-electron chi connectivity index (χ2n) is 7.00. The molecule has 7 heteroatoms. The second-order valence-corrected chi connectivity index (χ2v) is 8.39. The monoisotopic (exact) mass is 414 g/mol. The van der Waals surface area contributed by atoms with Crippen LogP contribution < -0.4 is 5.32 Å². The van der Waals surface area contributed by atoms with Crippen molar-refractivity contribution in [3.05, 3.63) is 75.2 Å². The maximum atomic E-state index is 12.7. The van der Waals surface area contributed by atoms with E-state index >= 15 is 0 Å². The van der Waals surface area contributed by atoms with Crippen molar-refractivity contribution < 1.29 is 4.79 Å². The molecule has 1 fully saturated rings. The largest absolute Gasteiger partial charge is 0.350 e. The molecule has 1 aliphatic heterocycles. The number of hydrogen-bond acceptors (Lipinski definition) is 4. The third kappa shape index (κ3) is 4.46. The van der Waals surface area contributed by atoms with Crippen LogP contribution in [0.2, 0.25) is 5.02 Å². The maximum Gasteiger partial charge on any atom is 0.254 e. The molecule has 4 rings (SSSR count). The third-order valence-corrected chi connectivity index (χ3v) is 6.44. The summed E-state index contributed by atoms with van der Waals surface area (Å²) in [7, 11) is 0. The summed E-state index contributed by atoms with van der Waals surface area (Å²) in [6, 6.07) is 12.1. The Labute approximate surface area is 173 Å². The third-order valence-electron chi connectivity index (χ3n) is 5.09. The fourth-order valence-corrected chi connectivity index (χ4v) is 4.66. The molecule has 3 heterocycles. The molecule has 2 aromatic heterocycles. The first-order chi connectivity index (χ1) is 13.7. The molecule has 1 aliphatic rings. The van der Waals surface area contributed by atoms with Crippen LogP contribution in [0.1, 0.15) is 39.7 Å². The van der Waals surface area contributed by atoms with Gasteiger partial charge >= 0.3 is 0 Å². The summed E-state index contributed by atoms with van der Waals surface area (Å²) in [5.41, 5.74) is 1.55. The Morgan fingerprint density at radius 2 is 2.04 bits per heavy atom. The molecule has 0 radical (unpaired) electrons. The fourth-order valence-electron chi connectivity index (χ4n) is 3.60. The molecule has 5 nitrogen and oxygen atoms in total. The van der Waals surface area contributed by atoms with Crippen molar-refractivity contribution in [2.45, 2.75) is 25.4 Å². The van der Waals surface area contributed by atoms with Gasteiger partial charge in [-0.15, -0.1) is 11.3 Å². The van der Waals surface area contributed by atoms with Gasteiger partial charge in [0, 0.05) is 22.6 Å². The zero-order valence-corrected chi connectivity index (χ0v) is 17.1. The van der Waals surface area contributed by atoms with E-state index in [-0.39, 0.29) is 11.9 Å². The minimum Gasteiger partial charge on any atom is -0.350 e. The summed E-state index contributed by atoms with van der Waals surface area (Å²) in [6.45, 7) is 3.33. The molecule has 0 aliphatic carbocycles. The smallest absolute Gasteiger partial charge is 0.254 e. The van der Waals surface area contributed by atoms with E-state index in [2.05, 4.69) is 32.8 Å². The summed E-state index contributed by atoms with van der Waals surface area (Å²) < 4.78 is 1.74. The molecule has 1 N–H and O–H groups in total. The van der Waals surface area contributed by atoms with Crippen LogP contribution in [-0.4, -0.2) is 40.2 Å². The second kappa shape index (κ2) is 8.90. The molecular formula is C21H23ClN4OS. The maximum absolute atomic E-state index is 12.7. The van der Waals surface area contributed by atoms with Gasteiger partial charge in [0.1, 0.15) is 0 Å². The zero-order chi connectivity index (χ0) is 19.3. The number of hydrogen-bond donors (Lipinski definition) is 1. The SMILES string of the molecule is O=C(NCC(c1cccs1)N1CCCC1)c1cnn(Cc2ccccc2Cl)c1. The Hall–Kier alpha value is -2.15. The van der Waals surface area contributed by atoms with Gasteiger partial charge in [0.15, 0.2) is 0 Å². The number of nitrogens with one attached hydrogen (secondary N) is 1. The van der Waals surface area contributed by atoms with Gasteiger partial charge in [-0.25, -0.2) is 0 Å². The fraction of sp³-hybridized carbons (Fsp3) is 0.333. The van der Waals surface area contributed by atoms with Crippen LogP contribution in [-0.2, 0) is 6.54 Å². The van der Waals surface area contributed by atoms with Gasteiger partial charge < -0.3 is 5.32 Å². The van der Waals surface area contributed by atoms with E-state index in [1.54, 1.807) is 28.4 Å². The molecule has 28 heavy (non-hydrogen) atoms. The number of halogens is 1. The Bertz CT molecular complexity index is 918. The number of amides is 1. The molecular weight excluding hydrogens is 392 g/mol. The van der Waals surface area contributed by atoms with Crippen LogP contribution in [0.25, 0.3) is 0 Å². The molecule has 1 amide bonds. The first-order valence-corrected chi connectivity index (χ1v) is 10.8. The van der Waals surface area contributed by atoms with E-state index < -0.39 is 0 Å². The predicted octanol–water partition coefficient (Wildman–Crippen LogP) is 4.21. The summed E-state index contributed by atoms with van der Waals surface area (Å²) in [4.78, 5) is 16.4. The van der Waals surface area contributed by atoms with E-state index in [0.717, 1.165) is 18.7 Å². The van der Waals surface area contributed by atoms with Crippen LogP contribution in [0.3, 0.4) is 0 Å². The number of benzene rings is 1. The number of likely N-dealkylation sites (tertiary alicyclic amines) is 1. The van der Waals surface area contributed by atoms with Crippen molar-refractivity contribution in [2.24, 2.45) is 0 Å². The molecule has 1 unspecified atom stereocenters. The van der Waals surface area contributed by atoms with E-state index in [1.807, 2.05) is 24.3 Å². The summed E-state index contributed by atoms with van der Waals surface area (Å²) >= 11 is 7.97. The van der Waals surface area contributed by atoms with Crippen LogP contribution in [0, 0.1) is 0 Å². The number of rotatable bonds is 7. The highest BCUT2D eigenvalue weighted by Crippen LogP contribution is 2.28. The minimum atomic E-state index is -0.0915. The molecule has 0 spiro atoms. The van der Waals surface area contributed by atoms with Gasteiger partial charge in [-0.1, -0.05) is 35.9 Å². The lowest BCUT2D eigenvalue weighted by Crippen LogP contribution is -2.36. The summed E-state index contributed by atoms with van der Waals surface area (Å²) in [6.07, 6.45) is 5.84. The topological polar surface area (TPSA) is 50.2 Å². The first-order valence-electron chi connectivity index (χ1n) is 9.52. The minimum absolute atomic E-state index is 0.0915. The average Bonchev–Trinajstić information content (AvgIpc) is 3.47. The van der Waals surface area contributed by atoms with E-state index in [1.165, 1.54) is 17.7 Å². The highest BCUT2D eigenvalue weighted by Gasteiger charge is 2.25. The van der Waals surface area contributed by atoms with E-state index in [0.29, 0.717) is 23.7 Å². The lowest BCUT2D eigenvalue weighted by molar-refractivity contribution is 0.0938. The molecule has 3 aromatic rings. The summed E-state index contributed by atoms with van der Waals surface area (Å²) in [5.74, 6) is -0.0915. The first kappa shape index (κ1) is 19.2. The lowest BCUT2D eigenvalue weighted by atomic mass is 10.2. The Balaban J connectivity index is 1.39. The Kier molecular flexibility index (Phi) is 6.10. The standard InChI is InChI=1S/C21H23ClN4OS/c22-18-7-2-1-6-16(18)14-26-15-17(12-24-26)21(27)23-13-19(20-8-5-11-28-20)25-9-3-4-10-25/h1-2,5-8,11-12,15,19H,3-4,9-10,13-14H2,(H,23,27). The molecule has 1 saturated heterocycles.